The molecule has 4 heterocycles. The number of alkyl halides is 3. The van der Waals surface area contributed by atoms with Crippen molar-refractivity contribution in [2.45, 2.75) is 44.9 Å². The number of nitrogens with zero attached hydrogens (tertiary/aromatic N) is 6. The second-order valence-corrected chi connectivity index (χ2v) is 9.99. The minimum Gasteiger partial charge on any atom is -0.353 e. The smallest absolute Gasteiger partial charge is 0.353 e. The number of hydrogen-bond acceptors (Lipinski definition) is 8. The average molecular weight is 595 g/mol. The molecule has 1 aliphatic rings. The van der Waals surface area contributed by atoms with Gasteiger partial charge in [-0.25, -0.2) is 9.97 Å². The highest BCUT2D eigenvalue weighted by molar-refractivity contribution is 5.98. The van der Waals surface area contributed by atoms with E-state index >= 15 is 0 Å². The Morgan fingerprint density at radius 1 is 1.23 bits per heavy atom. The largest absolute Gasteiger partial charge is 0.435 e. The molecule has 15 heteroatoms. The summed E-state index contributed by atoms with van der Waals surface area (Å²) in [5.74, 6) is -0.371. The fourth-order valence-corrected chi connectivity index (χ4v) is 4.99. The summed E-state index contributed by atoms with van der Waals surface area (Å²) in [7, 11) is 0. The number of carbonyl (C=O) groups excluding carboxylic acids is 2. The summed E-state index contributed by atoms with van der Waals surface area (Å²) in [5, 5.41) is 24.4. The number of aromatic nitrogens is 5. The van der Waals surface area contributed by atoms with E-state index in [0.29, 0.717) is 29.8 Å². The van der Waals surface area contributed by atoms with Gasteiger partial charge in [-0.2, -0.15) is 23.5 Å². The van der Waals surface area contributed by atoms with Crippen LogP contribution in [-0.2, 0) is 23.9 Å². The molecule has 0 spiro atoms. The van der Waals surface area contributed by atoms with Gasteiger partial charge in [0.1, 0.15) is 6.54 Å². The SMILES string of the molecule is CCc1cc(Nc2nccn3c(-c4cn(CC#N)nc4C(F)(F)F)cnc23)ccc1C(=O)NCC(=O)NCC1CCCN1. The van der Waals surface area contributed by atoms with Gasteiger partial charge in [-0.15, -0.1) is 0 Å². The van der Waals surface area contributed by atoms with Gasteiger partial charge in [-0.05, 0) is 49.6 Å². The number of imidazole rings is 1. The topological polar surface area (TPSA) is 154 Å². The van der Waals surface area contributed by atoms with Crippen molar-refractivity contribution in [3.8, 4) is 17.3 Å². The van der Waals surface area contributed by atoms with Crippen LogP contribution >= 0.6 is 0 Å². The van der Waals surface area contributed by atoms with Gasteiger partial charge in [0.05, 0.1) is 30.1 Å². The Labute approximate surface area is 244 Å². The number of fused-ring (bicyclic) bond motifs is 1. The Balaban J connectivity index is 1.32. The van der Waals surface area contributed by atoms with E-state index in [1.807, 2.05) is 6.92 Å². The van der Waals surface area contributed by atoms with E-state index in [1.54, 1.807) is 24.3 Å². The van der Waals surface area contributed by atoms with Crippen molar-refractivity contribution in [1.82, 2.24) is 40.1 Å². The van der Waals surface area contributed by atoms with Crippen LogP contribution in [0.4, 0.5) is 24.7 Å². The Bertz CT molecular complexity index is 1680. The molecular weight excluding hydrogens is 565 g/mol. The zero-order valence-electron chi connectivity index (χ0n) is 23.2. The van der Waals surface area contributed by atoms with E-state index in [2.05, 4.69) is 36.3 Å². The van der Waals surface area contributed by atoms with Gasteiger partial charge in [-0.1, -0.05) is 6.92 Å². The first-order valence-corrected chi connectivity index (χ1v) is 13.7. The number of anilines is 2. The molecule has 1 saturated heterocycles. The molecule has 0 bridgehead atoms. The van der Waals surface area contributed by atoms with Crippen molar-refractivity contribution >= 4 is 29.0 Å². The lowest BCUT2D eigenvalue weighted by atomic mass is 10.0. The minimum absolute atomic E-state index is 0.127. The number of halogens is 3. The van der Waals surface area contributed by atoms with Crippen LogP contribution in [0.5, 0.6) is 0 Å². The molecule has 5 rings (SSSR count). The minimum atomic E-state index is -4.74. The average Bonchev–Trinajstić information content (AvgIpc) is 3.75. The summed E-state index contributed by atoms with van der Waals surface area (Å²) in [4.78, 5) is 33.7. The predicted molar refractivity (Wildman–Crippen MR) is 150 cm³/mol. The molecule has 4 N–H and O–H groups in total. The molecule has 224 valence electrons. The number of nitriles is 1. The maximum atomic E-state index is 13.7. The van der Waals surface area contributed by atoms with Crippen molar-refractivity contribution < 1.29 is 22.8 Å². The van der Waals surface area contributed by atoms with Gasteiger partial charge in [0.2, 0.25) is 5.91 Å². The van der Waals surface area contributed by atoms with Crippen LogP contribution in [0.15, 0.2) is 43.0 Å². The lowest BCUT2D eigenvalue weighted by Crippen LogP contribution is -2.42. The van der Waals surface area contributed by atoms with Crippen LogP contribution < -0.4 is 21.3 Å². The van der Waals surface area contributed by atoms with Gasteiger partial charge in [0.25, 0.3) is 5.91 Å². The third-order valence-electron chi connectivity index (χ3n) is 7.08. The van der Waals surface area contributed by atoms with Gasteiger partial charge in [0, 0.05) is 42.4 Å². The molecule has 4 aromatic rings. The summed E-state index contributed by atoms with van der Waals surface area (Å²) >= 11 is 0. The van der Waals surface area contributed by atoms with E-state index in [4.69, 9.17) is 5.26 Å². The van der Waals surface area contributed by atoms with Crippen LogP contribution in [0.1, 0.15) is 41.4 Å². The highest BCUT2D eigenvalue weighted by Crippen LogP contribution is 2.37. The first-order valence-electron chi connectivity index (χ1n) is 13.7. The highest BCUT2D eigenvalue weighted by Gasteiger charge is 2.38. The summed E-state index contributed by atoms with van der Waals surface area (Å²) in [5.41, 5.74) is 0.758. The van der Waals surface area contributed by atoms with Crippen molar-refractivity contribution in [2.24, 2.45) is 0 Å². The molecule has 0 aliphatic carbocycles. The van der Waals surface area contributed by atoms with Crippen LogP contribution in [0, 0.1) is 11.3 Å². The number of carbonyl (C=O) groups is 2. The maximum absolute atomic E-state index is 13.7. The molecule has 1 atom stereocenters. The van der Waals surface area contributed by atoms with E-state index in [0.717, 1.165) is 30.3 Å². The molecule has 2 amide bonds. The molecular formula is C28H29F3N10O2. The molecule has 12 nitrogen and oxygen atoms in total. The van der Waals surface area contributed by atoms with Crippen LogP contribution in [-0.4, -0.2) is 61.6 Å². The summed E-state index contributed by atoms with van der Waals surface area (Å²) < 4.78 is 43.6. The molecule has 0 radical (unpaired) electrons. The van der Waals surface area contributed by atoms with Crippen molar-refractivity contribution in [3.63, 3.8) is 0 Å². The predicted octanol–water partition coefficient (Wildman–Crippen LogP) is 3.04. The van der Waals surface area contributed by atoms with E-state index in [-0.39, 0.29) is 53.7 Å². The Kier molecular flexibility index (Phi) is 8.58. The molecule has 1 aromatic carbocycles. The van der Waals surface area contributed by atoms with Gasteiger partial charge < -0.3 is 21.3 Å². The quantitative estimate of drug-likeness (QED) is 0.219. The summed E-state index contributed by atoms with van der Waals surface area (Å²) in [6.45, 7) is 2.86. The zero-order chi connectivity index (χ0) is 30.6. The lowest BCUT2D eigenvalue weighted by Gasteiger charge is -2.14. The van der Waals surface area contributed by atoms with Crippen molar-refractivity contribution in [2.75, 3.05) is 25.0 Å². The van der Waals surface area contributed by atoms with Crippen LogP contribution in [0.2, 0.25) is 0 Å². The normalized spacial score (nSPS) is 14.9. The lowest BCUT2D eigenvalue weighted by molar-refractivity contribution is -0.141. The van der Waals surface area contributed by atoms with E-state index < -0.39 is 11.9 Å². The number of aryl methyl sites for hydroxylation is 1. The molecule has 1 unspecified atom stereocenters. The number of amides is 2. The third kappa shape index (κ3) is 6.59. The molecule has 1 aliphatic heterocycles. The summed E-state index contributed by atoms with van der Waals surface area (Å²) in [6.07, 6.45) is 3.22. The first-order chi connectivity index (χ1) is 20.7. The van der Waals surface area contributed by atoms with Crippen molar-refractivity contribution in [3.05, 3.63) is 59.8 Å². The standard InChI is InChI=1S/C28H29F3N10O2/c1-2-17-12-18(5-6-20(17)27(43)37-15-23(42)35-13-19-4-3-8-33-19)38-25-26-36-14-22(41(26)11-9-34-25)21-16-40(10-7-32)39-24(21)28(29,30)31/h5-6,9,11-12,14,16,19,33H,2-4,8,10,13,15H2,1H3,(H,34,38)(H,35,42)(H,37,43). The van der Waals surface area contributed by atoms with Crippen LogP contribution in [0.3, 0.4) is 0 Å². The van der Waals surface area contributed by atoms with Gasteiger partial charge in [-0.3, -0.25) is 18.7 Å². The van der Waals surface area contributed by atoms with Crippen molar-refractivity contribution in [1.29, 1.82) is 5.26 Å². The maximum Gasteiger partial charge on any atom is 0.435 e. The molecule has 43 heavy (non-hydrogen) atoms. The number of hydrogen-bond donors (Lipinski definition) is 4. The Hall–Kier alpha value is -4.97. The first kappa shape index (κ1) is 29.5. The Morgan fingerprint density at radius 3 is 2.79 bits per heavy atom. The third-order valence-corrected chi connectivity index (χ3v) is 7.08. The second kappa shape index (κ2) is 12.5. The monoisotopic (exact) mass is 594 g/mol. The fourth-order valence-electron chi connectivity index (χ4n) is 4.99. The fraction of sp³-hybridized carbons (Fsp3) is 0.357. The number of rotatable bonds is 10. The molecule has 3 aromatic heterocycles. The van der Waals surface area contributed by atoms with E-state index in [1.165, 1.54) is 23.0 Å². The highest BCUT2D eigenvalue weighted by atomic mass is 19.4. The number of benzene rings is 1. The van der Waals surface area contributed by atoms with Gasteiger partial charge in [0.15, 0.2) is 17.2 Å². The van der Waals surface area contributed by atoms with E-state index in [9.17, 15) is 22.8 Å². The molecule has 0 saturated carbocycles. The summed E-state index contributed by atoms with van der Waals surface area (Å²) in [6, 6.07) is 7.11. The molecule has 1 fully saturated rings. The van der Waals surface area contributed by atoms with Crippen LogP contribution in [0.25, 0.3) is 16.9 Å². The number of nitrogens with one attached hydrogen (secondary N) is 4. The zero-order valence-corrected chi connectivity index (χ0v) is 23.2. The second-order valence-electron chi connectivity index (χ2n) is 9.99. The van der Waals surface area contributed by atoms with Gasteiger partial charge >= 0.3 is 6.18 Å². The Morgan fingerprint density at radius 2 is 2.07 bits per heavy atom.